The molecule has 0 saturated carbocycles. The van der Waals surface area contributed by atoms with Gasteiger partial charge in [0.05, 0.1) is 13.7 Å². The summed E-state index contributed by atoms with van der Waals surface area (Å²) in [7, 11) is 1.57. The zero-order chi connectivity index (χ0) is 13.2. The van der Waals surface area contributed by atoms with Gasteiger partial charge in [0.2, 0.25) is 0 Å². The number of hydrogen-bond acceptors (Lipinski definition) is 3. The maximum Gasteiger partial charge on any atom is 0.316 e. The van der Waals surface area contributed by atoms with E-state index in [9.17, 15) is 15.0 Å². The van der Waals surface area contributed by atoms with Crippen LogP contribution in [-0.4, -0.2) is 29.9 Å². The van der Waals surface area contributed by atoms with Gasteiger partial charge in [0.1, 0.15) is 11.2 Å². The Morgan fingerprint density at radius 3 is 2.35 bits per heavy atom. The first-order chi connectivity index (χ1) is 7.86. The summed E-state index contributed by atoms with van der Waals surface area (Å²) in [6, 6.07) is 3.56. The number of aliphatic hydroxyl groups excluding tert-OH is 1. The van der Waals surface area contributed by atoms with E-state index in [0.29, 0.717) is 5.56 Å². The van der Waals surface area contributed by atoms with Crippen LogP contribution in [0.1, 0.15) is 23.6 Å². The van der Waals surface area contributed by atoms with Crippen LogP contribution in [0.5, 0.6) is 5.75 Å². The van der Waals surface area contributed by atoms with Crippen LogP contribution in [-0.2, 0) is 10.2 Å². The number of aliphatic hydroxyl groups is 1. The molecule has 0 aliphatic heterocycles. The second-order valence-electron chi connectivity index (χ2n) is 4.43. The van der Waals surface area contributed by atoms with Gasteiger partial charge in [-0.2, -0.15) is 0 Å². The molecule has 0 aliphatic carbocycles. The molecule has 0 heterocycles. The Hall–Kier alpha value is -1.55. The standard InChI is InChI=1S/C13H18O4/c1-8-6-11(17-4)9(2)5-10(8)13(3,7-14)12(15)16/h5-6,14H,7H2,1-4H3,(H,15,16). The predicted molar refractivity (Wildman–Crippen MR) is 64.5 cm³/mol. The Labute approximate surface area is 101 Å². The highest BCUT2D eigenvalue weighted by Crippen LogP contribution is 2.31. The number of methoxy groups -OCH3 is 1. The van der Waals surface area contributed by atoms with Gasteiger partial charge in [-0.1, -0.05) is 6.07 Å². The fourth-order valence-electron chi connectivity index (χ4n) is 1.87. The molecule has 4 heteroatoms. The third-order valence-electron chi connectivity index (χ3n) is 3.12. The number of aryl methyl sites for hydroxylation is 2. The van der Waals surface area contributed by atoms with E-state index in [1.54, 1.807) is 19.2 Å². The van der Waals surface area contributed by atoms with E-state index in [1.807, 2.05) is 13.8 Å². The molecule has 1 rings (SSSR count). The molecule has 1 aromatic rings. The molecular formula is C13H18O4. The summed E-state index contributed by atoms with van der Waals surface area (Å²) in [5.74, 6) is -0.315. The minimum Gasteiger partial charge on any atom is -0.496 e. The van der Waals surface area contributed by atoms with Gasteiger partial charge in [-0.05, 0) is 43.5 Å². The summed E-state index contributed by atoms with van der Waals surface area (Å²) in [4.78, 5) is 11.3. The van der Waals surface area contributed by atoms with Crippen molar-refractivity contribution in [3.63, 3.8) is 0 Å². The second kappa shape index (κ2) is 4.75. The smallest absolute Gasteiger partial charge is 0.316 e. The predicted octanol–water partition coefficient (Wildman–Crippen LogP) is 1.65. The van der Waals surface area contributed by atoms with Gasteiger partial charge in [0, 0.05) is 0 Å². The van der Waals surface area contributed by atoms with E-state index in [2.05, 4.69) is 0 Å². The van der Waals surface area contributed by atoms with Crippen LogP contribution in [0, 0.1) is 13.8 Å². The lowest BCUT2D eigenvalue weighted by molar-refractivity contribution is -0.144. The SMILES string of the molecule is COc1cc(C)c(C(C)(CO)C(=O)O)cc1C. The highest BCUT2D eigenvalue weighted by molar-refractivity contribution is 5.81. The lowest BCUT2D eigenvalue weighted by Gasteiger charge is -2.25. The molecule has 0 aromatic heterocycles. The molecule has 0 aliphatic rings. The average molecular weight is 238 g/mol. The maximum absolute atomic E-state index is 11.3. The highest BCUT2D eigenvalue weighted by atomic mass is 16.5. The van der Waals surface area contributed by atoms with Gasteiger partial charge in [-0.25, -0.2) is 0 Å². The van der Waals surface area contributed by atoms with Crippen LogP contribution >= 0.6 is 0 Å². The number of benzene rings is 1. The summed E-state index contributed by atoms with van der Waals surface area (Å²) in [6.45, 7) is 4.74. The third kappa shape index (κ3) is 2.26. The van der Waals surface area contributed by atoms with Gasteiger partial charge in [-0.15, -0.1) is 0 Å². The number of carboxylic acids is 1. The number of aliphatic carboxylic acids is 1. The highest BCUT2D eigenvalue weighted by Gasteiger charge is 2.36. The first-order valence-corrected chi connectivity index (χ1v) is 5.36. The first kappa shape index (κ1) is 13.5. The summed E-state index contributed by atoms with van der Waals surface area (Å²) >= 11 is 0. The average Bonchev–Trinajstić information content (AvgIpc) is 2.30. The minimum atomic E-state index is -1.28. The third-order valence-corrected chi connectivity index (χ3v) is 3.12. The maximum atomic E-state index is 11.3. The zero-order valence-corrected chi connectivity index (χ0v) is 10.6. The quantitative estimate of drug-likeness (QED) is 0.837. The molecular weight excluding hydrogens is 220 g/mol. The Kier molecular flexibility index (Phi) is 3.78. The van der Waals surface area contributed by atoms with E-state index in [1.165, 1.54) is 6.92 Å². The summed E-state index contributed by atoms with van der Waals surface area (Å²) in [5.41, 5.74) is 0.993. The fourth-order valence-corrected chi connectivity index (χ4v) is 1.87. The molecule has 94 valence electrons. The van der Waals surface area contributed by atoms with Crippen molar-refractivity contribution in [1.29, 1.82) is 0 Å². The molecule has 0 fully saturated rings. The molecule has 4 nitrogen and oxygen atoms in total. The molecule has 0 amide bonds. The molecule has 1 aromatic carbocycles. The van der Waals surface area contributed by atoms with Gasteiger partial charge in [-0.3, -0.25) is 4.79 Å². The molecule has 0 saturated heterocycles. The first-order valence-electron chi connectivity index (χ1n) is 5.36. The number of ether oxygens (including phenoxy) is 1. The zero-order valence-electron chi connectivity index (χ0n) is 10.6. The van der Waals surface area contributed by atoms with Crippen LogP contribution in [0.15, 0.2) is 12.1 Å². The normalized spacial score (nSPS) is 14.2. The van der Waals surface area contributed by atoms with Crippen molar-refractivity contribution in [3.05, 3.63) is 28.8 Å². The minimum absolute atomic E-state index is 0.436. The number of carboxylic acid groups (broad SMARTS) is 1. The Balaban J connectivity index is 3.41. The van der Waals surface area contributed by atoms with Crippen LogP contribution < -0.4 is 4.74 Å². The van der Waals surface area contributed by atoms with Gasteiger partial charge in [0.25, 0.3) is 0 Å². The molecule has 2 N–H and O–H groups in total. The van der Waals surface area contributed by atoms with Gasteiger partial charge in [0.15, 0.2) is 0 Å². The molecule has 0 spiro atoms. The number of hydrogen-bond donors (Lipinski definition) is 2. The number of carbonyl (C=O) groups is 1. The molecule has 17 heavy (non-hydrogen) atoms. The van der Waals surface area contributed by atoms with Crippen molar-refractivity contribution in [2.75, 3.05) is 13.7 Å². The van der Waals surface area contributed by atoms with Gasteiger partial charge >= 0.3 is 5.97 Å². The van der Waals surface area contributed by atoms with E-state index in [4.69, 9.17) is 4.74 Å². The van der Waals surface area contributed by atoms with Crippen molar-refractivity contribution in [1.82, 2.24) is 0 Å². The van der Waals surface area contributed by atoms with E-state index in [-0.39, 0.29) is 0 Å². The van der Waals surface area contributed by atoms with Crippen LogP contribution in [0.2, 0.25) is 0 Å². The summed E-state index contributed by atoms with van der Waals surface area (Å²) in [5, 5.41) is 18.6. The largest absolute Gasteiger partial charge is 0.496 e. The fraction of sp³-hybridized carbons (Fsp3) is 0.462. The van der Waals surface area contributed by atoms with Crippen LogP contribution in [0.4, 0.5) is 0 Å². The summed E-state index contributed by atoms with van der Waals surface area (Å²) in [6.07, 6.45) is 0. The van der Waals surface area contributed by atoms with Gasteiger partial charge < -0.3 is 14.9 Å². The van der Waals surface area contributed by atoms with E-state index < -0.39 is 18.0 Å². The Morgan fingerprint density at radius 2 is 1.94 bits per heavy atom. The second-order valence-corrected chi connectivity index (χ2v) is 4.43. The van der Waals surface area contributed by atoms with Crippen molar-refractivity contribution >= 4 is 5.97 Å². The summed E-state index contributed by atoms with van der Waals surface area (Å²) < 4.78 is 5.18. The Morgan fingerprint density at radius 1 is 1.35 bits per heavy atom. The van der Waals surface area contributed by atoms with Crippen molar-refractivity contribution in [2.24, 2.45) is 0 Å². The lowest BCUT2D eigenvalue weighted by atomic mass is 9.80. The van der Waals surface area contributed by atoms with Crippen LogP contribution in [0.3, 0.4) is 0 Å². The molecule has 1 unspecified atom stereocenters. The van der Waals surface area contributed by atoms with Crippen molar-refractivity contribution < 1.29 is 19.7 Å². The van der Waals surface area contributed by atoms with E-state index in [0.717, 1.165) is 16.9 Å². The van der Waals surface area contributed by atoms with Crippen molar-refractivity contribution in [3.8, 4) is 5.75 Å². The topological polar surface area (TPSA) is 66.8 Å². The van der Waals surface area contributed by atoms with Crippen LogP contribution in [0.25, 0.3) is 0 Å². The molecule has 0 radical (unpaired) electrons. The Bertz CT molecular complexity index is 439. The van der Waals surface area contributed by atoms with Crippen molar-refractivity contribution in [2.45, 2.75) is 26.2 Å². The molecule has 1 atom stereocenters. The lowest BCUT2D eigenvalue weighted by Crippen LogP contribution is -2.37. The number of rotatable bonds is 4. The molecule has 0 bridgehead atoms. The monoisotopic (exact) mass is 238 g/mol. The van der Waals surface area contributed by atoms with E-state index >= 15 is 0 Å².